The average Bonchev–Trinajstić information content (AvgIpc) is 3.66. The zero-order chi connectivity index (χ0) is 39.5. The van der Waals surface area contributed by atoms with Crippen molar-refractivity contribution in [3.63, 3.8) is 0 Å². The van der Waals surface area contributed by atoms with Crippen molar-refractivity contribution in [2.45, 2.75) is 18.8 Å². The van der Waals surface area contributed by atoms with Gasteiger partial charge >= 0.3 is 0 Å². The first-order valence-electron chi connectivity index (χ1n) is 18.9. The lowest BCUT2D eigenvalue weighted by Crippen LogP contribution is -2.43. The second-order valence-electron chi connectivity index (χ2n) is 15.0. The van der Waals surface area contributed by atoms with Crippen molar-refractivity contribution in [3.05, 3.63) is 167 Å². The van der Waals surface area contributed by atoms with Crippen molar-refractivity contribution in [1.29, 1.82) is 0 Å². The molecule has 2 aliphatic carbocycles. The highest BCUT2D eigenvalue weighted by Gasteiger charge is 2.62. The van der Waals surface area contributed by atoms with Crippen LogP contribution in [0.4, 0.5) is 11.4 Å². The van der Waals surface area contributed by atoms with E-state index in [2.05, 4.69) is 0 Å². The van der Waals surface area contributed by atoms with Gasteiger partial charge in [0.05, 0.1) is 42.2 Å². The minimum Gasteiger partial charge on any atom is -0.508 e. The molecule has 5 aromatic rings. The van der Waals surface area contributed by atoms with E-state index in [-0.39, 0.29) is 36.1 Å². The van der Waals surface area contributed by atoms with Gasteiger partial charge < -0.3 is 9.84 Å². The van der Waals surface area contributed by atoms with Crippen molar-refractivity contribution >= 4 is 46.6 Å². The molecule has 10 nitrogen and oxygen atoms in total. The number of carbonyl (C=O) groups excluding carboxylic acids is 6. The summed E-state index contributed by atoms with van der Waals surface area (Å²) in [5, 5.41) is 11.3. The summed E-state index contributed by atoms with van der Waals surface area (Å²) in [6.07, 6.45) is 2.28. The molecule has 4 amide bonds. The second-order valence-corrected chi connectivity index (χ2v) is 15.0. The number of ketones is 2. The molecule has 6 unspecified atom stereocenters. The quantitative estimate of drug-likeness (QED) is 0.103. The number of anilines is 2. The third-order valence-electron chi connectivity index (χ3n) is 12.1. The fourth-order valence-corrected chi connectivity index (χ4v) is 9.39. The minimum absolute atomic E-state index is 0.0914. The zero-order valence-corrected chi connectivity index (χ0v) is 30.8. The van der Waals surface area contributed by atoms with E-state index in [4.69, 9.17) is 4.74 Å². The van der Waals surface area contributed by atoms with Gasteiger partial charge in [0.25, 0.3) is 0 Å². The topological polar surface area (TPSA) is 138 Å². The Kier molecular flexibility index (Phi) is 8.76. The number of allylic oxidation sites excluding steroid dienone is 2. The van der Waals surface area contributed by atoms with Crippen LogP contribution in [0, 0.1) is 29.6 Å². The Morgan fingerprint density at radius 3 is 1.60 bits per heavy atom. The number of carbonyl (C=O) groups is 6. The van der Waals surface area contributed by atoms with E-state index in [1.165, 1.54) is 18.1 Å². The van der Waals surface area contributed by atoms with Gasteiger partial charge in [-0.15, -0.1) is 0 Å². The molecule has 1 N–H and O–H groups in total. The standard InChI is InChI=1S/C47H36N2O8/c1-57-32-20-23-38(50)36(24-32)39-33-21-22-34-40(46(55)48(44(34)53)30-16-12-28(13-17-30)42(51)26-8-4-2-5-9-26)35(33)25-37-41(39)47(56)49(45(37)54)31-18-14-29(15-19-31)43(52)27-10-6-3-7-11-27/h2-21,23-24,34-35,37,39-41,50H,22,25H2,1H3. The Balaban J connectivity index is 1.06. The molecule has 0 spiro atoms. The number of phenols is 1. The number of fused-ring (bicyclic) bond motifs is 4. The number of amides is 4. The third-order valence-corrected chi connectivity index (χ3v) is 12.1. The Morgan fingerprint density at radius 2 is 1.07 bits per heavy atom. The van der Waals surface area contributed by atoms with Crippen LogP contribution in [0.5, 0.6) is 11.5 Å². The number of hydrogen-bond acceptors (Lipinski definition) is 8. The minimum atomic E-state index is -0.918. The molecule has 2 saturated heterocycles. The maximum Gasteiger partial charge on any atom is 0.238 e. The molecule has 1 saturated carbocycles. The van der Waals surface area contributed by atoms with Gasteiger partial charge in [-0.25, -0.2) is 0 Å². The van der Waals surface area contributed by atoms with Gasteiger partial charge in [0.1, 0.15) is 11.5 Å². The molecule has 3 fully saturated rings. The van der Waals surface area contributed by atoms with E-state index < -0.39 is 53.2 Å². The summed E-state index contributed by atoms with van der Waals surface area (Å²) in [4.78, 5) is 86.3. The fourth-order valence-electron chi connectivity index (χ4n) is 9.39. The van der Waals surface area contributed by atoms with Crippen LogP contribution in [-0.2, 0) is 19.2 Å². The molecule has 2 heterocycles. The third kappa shape index (κ3) is 5.78. The van der Waals surface area contributed by atoms with Gasteiger partial charge in [0, 0.05) is 33.7 Å². The van der Waals surface area contributed by atoms with Crippen molar-refractivity contribution in [2.24, 2.45) is 29.6 Å². The molecule has 57 heavy (non-hydrogen) atoms. The monoisotopic (exact) mass is 756 g/mol. The molecule has 2 aliphatic heterocycles. The molecule has 0 radical (unpaired) electrons. The predicted molar refractivity (Wildman–Crippen MR) is 210 cm³/mol. The Labute approximate surface area is 328 Å². The summed E-state index contributed by atoms with van der Waals surface area (Å²) in [6.45, 7) is 0. The predicted octanol–water partition coefficient (Wildman–Crippen LogP) is 6.91. The highest BCUT2D eigenvalue weighted by Crippen LogP contribution is 2.59. The SMILES string of the molecule is COc1ccc(O)c(C2C3=CCC4C(=O)N(c5ccc(C(=O)c6ccccc6)cc5)C(=O)C4C3CC3C(=O)N(c4ccc(C(=O)c5ccccc5)cc4)C(=O)C32)c1. The van der Waals surface area contributed by atoms with Crippen LogP contribution in [-0.4, -0.2) is 47.4 Å². The molecule has 9 rings (SSSR count). The number of aromatic hydroxyl groups is 1. The lowest BCUT2D eigenvalue weighted by molar-refractivity contribution is -0.126. The highest BCUT2D eigenvalue weighted by atomic mass is 16.5. The van der Waals surface area contributed by atoms with Gasteiger partial charge in [-0.2, -0.15) is 0 Å². The number of imide groups is 2. The van der Waals surface area contributed by atoms with Crippen LogP contribution in [0.1, 0.15) is 56.2 Å². The summed E-state index contributed by atoms with van der Waals surface area (Å²) in [5.74, 6) is -6.44. The number of ether oxygens (including phenoxy) is 1. The van der Waals surface area contributed by atoms with Gasteiger partial charge in [0.15, 0.2) is 11.6 Å². The van der Waals surface area contributed by atoms with E-state index in [1.807, 2.05) is 18.2 Å². The Hall–Kier alpha value is -6.94. The van der Waals surface area contributed by atoms with E-state index in [1.54, 1.807) is 109 Å². The second kappa shape index (κ2) is 14.0. The average molecular weight is 757 g/mol. The first-order valence-corrected chi connectivity index (χ1v) is 18.9. The van der Waals surface area contributed by atoms with E-state index in [0.717, 1.165) is 10.5 Å². The van der Waals surface area contributed by atoms with E-state index >= 15 is 0 Å². The lowest BCUT2D eigenvalue weighted by Gasteiger charge is -2.44. The van der Waals surface area contributed by atoms with Gasteiger partial charge in [-0.3, -0.25) is 38.6 Å². The largest absolute Gasteiger partial charge is 0.508 e. The molecule has 6 atom stereocenters. The molecular formula is C47H36N2O8. The zero-order valence-electron chi connectivity index (χ0n) is 30.8. The van der Waals surface area contributed by atoms with Crippen molar-refractivity contribution in [2.75, 3.05) is 16.9 Å². The van der Waals surface area contributed by atoms with Gasteiger partial charge in [0.2, 0.25) is 23.6 Å². The summed E-state index contributed by atoms with van der Waals surface area (Å²) in [7, 11) is 1.49. The highest BCUT2D eigenvalue weighted by molar-refractivity contribution is 6.24. The Morgan fingerprint density at radius 1 is 0.579 bits per heavy atom. The van der Waals surface area contributed by atoms with E-state index in [9.17, 15) is 33.9 Å². The maximum atomic E-state index is 14.6. The molecule has 282 valence electrons. The molecule has 0 bridgehead atoms. The van der Waals surface area contributed by atoms with Crippen LogP contribution >= 0.6 is 0 Å². The van der Waals surface area contributed by atoms with Crippen LogP contribution in [0.25, 0.3) is 0 Å². The number of rotatable bonds is 8. The number of phenolic OH excluding ortho intramolecular Hbond substituents is 1. The molecule has 0 aromatic heterocycles. The number of benzene rings is 5. The smallest absolute Gasteiger partial charge is 0.238 e. The summed E-state index contributed by atoms with van der Waals surface area (Å²) >= 11 is 0. The van der Waals surface area contributed by atoms with Crippen LogP contribution in [0.3, 0.4) is 0 Å². The summed E-state index contributed by atoms with van der Waals surface area (Å²) in [6, 6.07) is 35.1. The summed E-state index contributed by atoms with van der Waals surface area (Å²) in [5.41, 5.74) is 3.59. The van der Waals surface area contributed by atoms with Gasteiger partial charge in [-0.1, -0.05) is 72.3 Å². The molecular weight excluding hydrogens is 721 g/mol. The Bertz CT molecular complexity index is 2510. The first-order chi connectivity index (χ1) is 27.7. The van der Waals surface area contributed by atoms with E-state index in [0.29, 0.717) is 44.9 Å². The van der Waals surface area contributed by atoms with Crippen molar-refractivity contribution in [3.8, 4) is 11.5 Å². The first kappa shape index (κ1) is 35.7. The van der Waals surface area contributed by atoms with Gasteiger partial charge in [-0.05, 0) is 85.5 Å². The van der Waals surface area contributed by atoms with Crippen LogP contribution in [0.2, 0.25) is 0 Å². The molecule has 5 aromatic carbocycles. The molecule has 4 aliphatic rings. The summed E-state index contributed by atoms with van der Waals surface area (Å²) < 4.78 is 5.51. The van der Waals surface area contributed by atoms with Crippen LogP contribution in [0.15, 0.2) is 139 Å². The number of methoxy groups -OCH3 is 1. The van der Waals surface area contributed by atoms with Crippen LogP contribution < -0.4 is 14.5 Å². The maximum absolute atomic E-state index is 14.6. The number of hydrogen-bond donors (Lipinski definition) is 1. The van der Waals surface area contributed by atoms with Crippen molar-refractivity contribution in [1.82, 2.24) is 0 Å². The molecule has 10 heteroatoms. The normalized spacial score (nSPS) is 23.8. The lowest BCUT2D eigenvalue weighted by atomic mass is 9.57. The fraction of sp³-hybridized carbons (Fsp3) is 0.191. The van der Waals surface area contributed by atoms with Crippen molar-refractivity contribution < 1.29 is 38.6 Å². The number of nitrogens with zero attached hydrogens (tertiary/aromatic N) is 2.